The first-order valence-corrected chi connectivity index (χ1v) is 8.51. The lowest BCUT2D eigenvalue weighted by molar-refractivity contribution is -0.163. The molecule has 0 aromatic carbocycles. The van der Waals surface area contributed by atoms with Gasteiger partial charge in [0, 0.05) is 35.9 Å². The fraction of sp³-hybridized carbons (Fsp3) is 1.00. The molecular formula is C15H24N6O2. The third-order valence-electron chi connectivity index (χ3n) is 5.42. The van der Waals surface area contributed by atoms with Crippen molar-refractivity contribution in [2.45, 2.75) is 50.9 Å². The van der Waals surface area contributed by atoms with E-state index in [9.17, 15) is 0 Å². The highest BCUT2D eigenvalue weighted by Gasteiger charge is 2.66. The van der Waals surface area contributed by atoms with Gasteiger partial charge < -0.3 is 9.47 Å². The maximum absolute atomic E-state index is 8.61. The van der Waals surface area contributed by atoms with Crippen molar-refractivity contribution in [2.24, 2.45) is 33.9 Å². The number of hydrogen-bond donors (Lipinski definition) is 0. The maximum Gasteiger partial charge on any atom is 0.158 e. The molecule has 8 heteroatoms. The molecule has 1 heterocycles. The molecule has 3 aliphatic rings. The van der Waals surface area contributed by atoms with Crippen LogP contribution in [0.3, 0.4) is 0 Å². The average molecular weight is 320 g/mol. The summed E-state index contributed by atoms with van der Waals surface area (Å²) in [4.78, 5) is 5.75. The number of ether oxygens (including phenoxy) is 2. The smallest absolute Gasteiger partial charge is 0.158 e. The van der Waals surface area contributed by atoms with Gasteiger partial charge in [0.05, 0.1) is 5.60 Å². The minimum atomic E-state index is -0.0620. The topological polar surface area (TPSA) is 116 Å². The quantitative estimate of drug-likeness (QED) is 0.360. The second-order valence-corrected chi connectivity index (χ2v) is 7.15. The SMILES string of the molecule is CC(CN=[N+]=[N-])CC1C(CN=[N+]=[N-])C1C1(OC2CCCO2)CC1. The molecule has 0 amide bonds. The van der Waals surface area contributed by atoms with Gasteiger partial charge >= 0.3 is 0 Å². The van der Waals surface area contributed by atoms with Gasteiger partial charge in [0.25, 0.3) is 0 Å². The largest absolute Gasteiger partial charge is 0.353 e. The van der Waals surface area contributed by atoms with Gasteiger partial charge in [-0.15, -0.1) is 0 Å². The zero-order valence-corrected chi connectivity index (χ0v) is 13.5. The Morgan fingerprint density at radius 2 is 2.04 bits per heavy atom. The zero-order valence-electron chi connectivity index (χ0n) is 13.5. The van der Waals surface area contributed by atoms with Crippen molar-refractivity contribution in [1.82, 2.24) is 0 Å². The third-order valence-corrected chi connectivity index (χ3v) is 5.42. The fourth-order valence-electron chi connectivity index (χ4n) is 4.20. The molecule has 0 aromatic rings. The van der Waals surface area contributed by atoms with Crippen LogP contribution < -0.4 is 0 Å². The van der Waals surface area contributed by atoms with Crippen LogP contribution in [0.2, 0.25) is 0 Å². The first kappa shape index (κ1) is 16.4. The summed E-state index contributed by atoms with van der Waals surface area (Å²) in [6.45, 7) is 3.96. The molecule has 0 N–H and O–H groups in total. The molecule has 5 unspecified atom stereocenters. The summed E-state index contributed by atoms with van der Waals surface area (Å²) in [5.41, 5.74) is 17.0. The van der Waals surface area contributed by atoms with Gasteiger partial charge in [0.2, 0.25) is 0 Å². The van der Waals surface area contributed by atoms with Gasteiger partial charge in [0.15, 0.2) is 6.29 Å². The van der Waals surface area contributed by atoms with Gasteiger partial charge in [-0.3, -0.25) is 0 Å². The summed E-state index contributed by atoms with van der Waals surface area (Å²) in [5, 5.41) is 7.46. The van der Waals surface area contributed by atoms with Crippen molar-refractivity contribution >= 4 is 0 Å². The molecule has 3 rings (SSSR count). The van der Waals surface area contributed by atoms with Crippen LogP contribution in [0.1, 0.15) is 39.0 Å². The fourth-order valence-corrected chi connectivity index (χ4v) is 4.20. The number of hydrogen-bond acceptors (Lipinski definition) is 4. The number of azide groups is 2. The van der Waals surface area contributed by atoms with E-state index in [1.165, 1.54) is 0 Å². The highest BCUT2D eigenvalue weighted by molar-refractivity contribution is 5.16. The summed E-state index contributed by atoms with van der Waals surface area (Å²) < 4.78 is 11.9. The molecular weight excluding hydrogens is 296 g/mol. The molecule has 2 saturated carbocycles. The highest BCUT2D eigenvalue weighted by atomic mass is 16.7. The van der Waals surface area contributed by atoms with Gasteiger partial charge in [-0.25, -0.2) is 0 Å². The summed E-state index contributed by atoms with van der Waals surface area (Å²) in [6.07, 6.45) is 5.14. The van der Waals surface area contributed by atoms with Crippen LogP contribution in [0.5, 0.6) is 0 Å². The van der Waals surface area contributed by atoms with Crippen LogP contribution in [0, 0.1) is 23.7 Å². The normalized spacial score (nSPS) is 35.0. The Bertz CT molecular complexity index is 518. The summed E-state index contributed by atoms with van der Waals surface area (Å²) in [6, 6.07) is 0. The minimum absolute atomic E-state index is 0.0560. The van der Waals surface area contributed by atoms with Crippen LogP contribution in [0.25, 0.3) is 20.9 Å². The highest BCUT2D eigenvalue weighted by Crippen LogP contribution is 2.65. The first-order chi connectivity index (χ1) is 11.2. The second kappa shape index (κ2) is 6.97. The molecule has 0 spiro atoms. The van der Waals surface area contributed by atoms with Gasteiger partial charge in [0.1, 0.15) is 0 Å². The average Bonchev–Trinajstić information content (AvgIpc) is 3.39. The van der Waals surface area contributed by atoms with E-state index in [2.05, 4.69) is 27.0 Å². The lowest BCUT2D eigenvalue weighted by Gasteiger charge is -2.22. The molecule has 1 saturated heterocycles. The van der Waals surface area contributed by atoms with Crippen LogP contribution >= 0.6 is 0 Å². The van der Waals surface area contributed by atoms with Crippen molar-refractivity contribution < 1.29 is 9.47 Å². The molecule has 3 fully saturated rings. The minimum Gasteiger partial charge on any atom is -0.353 e. The van der Waals surface area contributed by atoms with Crippen LogP contribution in [-0.4, -0.2) is 31.6 Å². The van der Waals surface area contributed by atoms with Gasteiger partial charge in [-0.2, -0.15) is 0 Å². The lowest BCUT2D eigenvalue weighted by atomic mass is 10.0. The van der Waals surface area contributed by atoms with Crippen molar-refractivity contribution in [2.75, 3.05) is 19.7 Å². The van der Waals surface area contributed by atoms with Crippen LogP contribution in [0.15, 0.2) is 10.2 Å². The predicted molar refractivity (Wildman–Crippen MR) is 84.3 cm³/mol. The van der Waals surface area contributed by atoms with E-state index in [1.54, 1.807) is 0 Å². The van der Waals surface area contributed by atoms with E-state index in [0.717, 1.165) is 38.7 Å². The third kappa shape index (κ3) is 3.72. The first-order valence-electron chi connectivity index (χ1n) is 8.51. The van der Waals surface area contributed by atoms with E-state index in [4.69, 9.17) is 20.5 Å². The van der Waals surface area contributed by atoms with E-state index in [1.807, 2.05) is 0 Å². The van der Waals surface area contributed by atoms with Crippen LogP contribution in [-0.2, 0) is 9.47 Å². The predicted octanol–water partition coefficient (Wildman–Crippen LogP) is 4.18. The van der Waals surface area contributed by atoms with E-state index < -0.39 is 0 Å². The maximum atomic E-state index is 8.61. The van der Waals surface area contributed by atoms with E-state index in [0.29, 0.717) is 36.8 Å². The molecule has 0 radical (unpaired) electrons. The molecule has 1 aliphatic heterocycles. The monoisotopic (exact) mass is 320 g/mol. The molecule has 2 aliphatic carbocycles. The van der Waals surface area contributed by atoms with Crippen molar-refractivity contribution in [3.8, 4) is 0 Å². The molecule has 0 bridgehead atoms. The Kier molecular flexibility index (Phi) is 4.97. The Morgan fingerprint density at radius 1 is 1.26 bits per heavy atom. The number of nitrogens with zero attached hydrogens (tertiary/aromatic N) is 6. The van der Waals surface area contributed by atoms with Gasteiger partial charge in [-0.05, 0) is 60.4 Å². The van der Waals surface area contributed by atoms with Crippen molar-refractivity contribution in [1.29, 1.82) is 0 Å². The second-order valence-electron chi connectivity index (χ2n) is 7.15. The Morgan fingerprint density at radius 3 is 2.65 bits per heavy atom. The zero-order chi connectivity index (χ0) is 16.3. The van der Waals surface area contributed by atoms with Crippen LogP contribution in [0.4, 0.5) is 0 Å². The Hall–Kier alpha value is -1.46. The molecule has 23 heavy (non-hydrogen) atoms. The molecule has 8 nitrogen and oxygen atoms in total. The summed E-state index contributed by atoms with van der Waals surface area (Å²) in [5.74, 6) is 1.68. The van der Waals surface area contributed by atoms with Crippen molar-refractivity contribution in [3.05, 3.63) is 20.9 Å². The van der Waals surface area contributed by atoms with Crippen molar-refractivity contribution in [3.63, 3.8) is 0 Å². The number of rotatable bonds is 9. The lowest BCUT2D eigenvalue weighted by Crippen LogP contribution is -2.26. The Balaban J connectivity index is 1.61. The summed E-state index contributed by atoms with van der Waals surface area (Å²) >= 11 is 0. The standard InChI is InChI=1S/C15H24N6O2/c1-10(8-18-20-16)7-11-12(9-19-21-17)14(11)15(4-5-15)23-13-3-2-6-22-13/h10-14H,2-9H2,1H3. The summed E-state index contributed by atoms with van der Waals surface area (Å²) in [7, 11) is 0. The Labute approximate surface area is 135 Å². The van der Waals surface area contributed by atoms with E-state index >= 15 is 0 Å². The van der Waals surface area contributed by atoms with Gasteiger partial charge in [-0.1, -0.05) is 17.2 Å². The molecule has 126 valence electrons. The molecule has 0 aromatic heterocycles. The molecule has 5 atom stereocenters. The van der Waals surface area contributed by atoms with E-state index in [-0.39, 0.29) is 11.9 Å².